The van der Waals surface area contributed by atoms with Gasteiger partial charge >= 0.3 is 0 Å². The summed E-state index contributed by atoms with van der Waals surface area (Å²) >= 11 is 0. The summed E-state index contributed by atoms with van der Waals surface area (Å²) in [6, 6.07) is 78.5. The third-order valence-electron chi connectivity index (χ3n) is 15.8. The first kappa shape index (κ1) is 37.6. The molecule has 0 heterocycles. The maximum absolute atomic E-state index is 2.49. The molecule has 0 aliphatic heterocycles. The summed E-state index contributed by atoms with van der Waals surface area (Å²) in [6.07, 6.45) is 0. The highest BCUT2D eigenvalue weighted by molar-refractivity contribution is 6.32. The van der Waals surface area contributed by atoms with Gasteiger partial charge in [-0.25, -0.2) is 0 Å². The molecule has 2 aliphatic rings. The van der Waals surface area contributed by atoms with Crippen molar-refractivity contribution in [2.75, 3.05) is 0 Å². The number of fused-ring (bicyclic) bond motifs is 8. The molecule has 0 amide bonds. The Balaban J connectivity index is 1.06. The van der Waals surface area contributed by atoms with E-state index < -0.39 is 0 Å². The van der Waals surface area contributed by atoms with Crippen molar-refractivity contribution in [3.63, 3.8) is 0 Å². The van der Waals surface area contributed by atoms with E-state index in [1.807, 2.05) is 0 Å². The molecular formula is C66H46. The molecule has 0 bridgehead atoms. The quantitative estimate of drug-likeness (QED) is 0.155. The zero-order valence-electron chi connectivity index (χ0n) is 37.6. The molecule has 0 fully saturated rings. The van der Waals surface area contributed by atoms with Crippen molar-refractivity contribution in [1.82, 2.24) is 0 Å². The van der Waals surface area contributed by atoms with Crippen LogP contribution in [-0.2, 0) is 10.8 Å². The van der Waals surface area contributed by atoms with Gasteiger partial charge in [0.25, 0.3) is 0 Å². The van der Waals surface area contributed by atoms with Gasteiger partial charge in [-0.15, -0.1) is 0 Å². The Bertz CT molecular complexity index is 3750. The third-order valence-corrected chi connectivity index (χ3v) is 15.8. The molecule has 0 radical (unpaired) electrons. The van der Waals surface area contributed by atoms with Crippen molar-refractivity contribution in [2.45, 2.75) is 38.5 Å². The van der Waals surface area contributed by atoms with Gasteiger partial charge in [-0.1, -0.05) is 185 Å². The SMILES string of the molecule is CC1(C)c2ccc(-c3cc(-c4ccccc4)c4ccc5c(-c6ccc7c(c6)-c6cc8ccccc8cc6C7(C)C)cc(-c6ccccc6)c6ccc3c4c65)cc2-c2cc3ccccc3cc21. The van der Waals surface area contributed by atoms with Gasteiger partial charge in [0.15, 0.2) is 0 Å². The van der Waals surface area contributed by atoms with Gasteiger partial charge in [-0.2, -0.15) is 0 Å². The van der Waals surface area contributed by atoms with Crippen LogP contribution in [0.15, 0.2) is 206 Å². The van der Waals surface area contributed by atoms with E-state index in [1.54, 1.807) is 0 Å². The molecule has 0 saturated carbocycles. The van der Waals surface area contributed by atoms with Crippen LogP contribution in [0.4, 0.5) is 0 Å². The molecule has 0 unspecified atom stereocenters. The van der Waals surface area contributed by atoms with E-state index in [9.17, 15) is 0 Å². The number of hydrogen-bond acceptors (Lipinski definition) is 0. The molecule has 0 aromatic heterocycles. The van der Waals surface area contributed by atoms with Gasteiger partial charge in [-0.3, -0.25) is 0 Å². The summed E-state index contributed by atoms with van der Waals surface area (Å²) in [5.41, 5.74) is 20.8. The standard InChI is InChI=1S/C66H46/c1-65(2)59-29-23-45(33-55(59)57-31-41-19-11-13-21-43(41)35-61(57)65)53-37-51(39-15-7-5-8-16-39)47-26-28-50-54(38-52(40-17-9-6-10-18-40)48-25-27-49(53)63(47)64(48)50)46-24-30-60-56(34-46)58-32-42-20-12-14-22-44(42)36-62(58)66(60,3)4/h5-38H,1-4H3. The van der Waals surface area contributed by atoms with Gasteiger partial charge in [0.2, 0.25) is 0 Å². The normalized spacial score (nSPS) is 14.3. The molecule has 2 aliphatic carbocycles. The third kappa shape index (κ3) is 5.16. The van der Waals surface area contributed by atoms with Crippen molar-refractivity contribution in [1.29, 1.82) is 0 Å². The summed E-state index contributed by atoms with van der Waals surface area (Å²) in [6.45, 7) is 9.56. The molecule has 310 valence electrons. The van der Waals surface area contributed by atoms with Crippen LogP contribution in [-0.4, -0.2) is 0 Å². The first-order valence-corrected chi connectivity index (χ1v) is 23.5. The van der Waals surface area contributed by atoms with Crippen molar-refractivity contribution in [3.05, 3.63) is 229 Å². The lowest BCUT2D eigenvalue weighted by molar-refractivity contribution is 0.661. The van der Waals surface area contributed by atoms with Gasteiger partial charge in [0.1, 0.15) is 0 Å². The molecule has 0 nitrogen and oxygen atoms in total. The molecule has 12 aromatic rings. The number of rotatable bonds is 4. The minimum atomic E-state index is -0.0987. The maximum Gasteiger partial charge on any atom is 0.0159 e. The van der Waals surface area contributed by atoms with Crippen LogP contribution in [0, 0.1) is 0 Å². The van der Waals surface area contributed by atoms with Gasteiger partial charge in [0, 0.05) is 10.8 Å². The van der Waals surface area contributed by atoms with Gasteiger partial charge in [0.05, 0.1) is 0 Å². The lowest BCUT2D eigenvalue weighted by Crippen LogP contribution is -2.14. The van der Waals surface area contributed by atoms with Crippen LogP contribution >= 0.6 is 0 Å². The summed E-state index contributed by atoms with van der Waals surface area (Å²) in [5.74, 6) is 0. The first-order chi connectivity index (χ1) is 32.2. The van der Waals surface area contributed by atoms with Crippen LogP contribution in [0.2, 0.25) is 0 Å². The first-order valence-electron chi connectivity index (χ1n) is 23.5. The van der Waals surface area contributed by atoms with Gasteiger partial charge in [-0.05, 0) is 191 Å². The summed E-state index contributed by atoms with van der Waals surface area (Å²) in [5, 5.41) is 13.0. The molecule has 0 saturated heterocycles. The van der Waals surface area contributed by atoms with E-state index in [0.717, 1.165) is 0 Å². The van der Waals surface area contributed by atoms with Crippen LogP contribution in [0.3, 0.4) is 0 Å². The average Bonchev–Trinajstić information content (AvgIpc) is 3.71. The monoisotopic (exact) mass is 838 g/mol. The van der Waals surface area contributed by atoms with E-state index in [2.05, 4.69) is 234 Å². The Morgan fingerprint density at radius 2 is 0.545 bits per heavy atom. The Labute approximate surface area is 385 Å². The van der Waals surface area contributed by atoms with E-state index in [1.165, 1.54) is 143 Å². The lowest BCUT2D eigenvalue weighted by atomic mass is 9.80. The second-order valence-corrected chi connectivity index (χ2v) is 20.0. The van der Waals surface area contributed by atoms with E-state index in [4.69, 9.17) is 0 Å². The van der Waals surface area contributed by atoms with Crippen molar-refractivity contribution >= 4 is 53.9 Å². The second kappa shape index (κ2) is 13.4. The predicted molar refractivity (Wildman–Crippen MR) is 282 cm³/mol. The summed E-state index contributed by atoms with van der Waals surface area (Å²) in [7, 11) is 0. The predicted octanol–water partition coefficient (Wildman–Crippen LogP) is 18.2. The zero-order valence-corrected chi connectivity index (χ0v) is 37.6. The smallest absolute Gasteiger partial charge is 0.0159 e. The Morgan fingerprint density at radius 3 is 0.924 bits per heavy atom. The minimum absolute atomic E-state index is 0.0987. The van der Waals surface area contributed by atoms with Crippen molar-refractivity contribution in [3.8, 4) is 66.8 Å². The van der Waals surface area contributed by atoms with Gasteiger partial charge < -0.3 is 0 Å². The fourth-order valence-corrected chi connectivity index (χ4v) is 12.4. The van der Waals surface area contributed by atoms with Crippen LogP contribution < -0.4 is 0 Å². The fourth-order valence-electron chi connectivity index (χ4n) is 12.4. The van der Waals surface area contributed by atoms with Crippen molar-refractivity contribution in [2.24, 2.45) is 0 Å². The molecular weight excluding hydrogens is 793 g/mol. The van der Waals surface area contributed by atoms with Crippen LogP contribution in [0.25, 0.3) is 121 Å². The van der Waals surface area contributed by atoms with E-state index in [-0.39, 0.29) is 10.8 Å². The Morgan fingerprint density at radius 1 is 0.227 bits per heavy atom. The molecule has 0 spiro atoms. The van der Waals surface area contributed by atoms with Crippen molar-refractivity contribution < 1.29 is 0 Å². The number of benzene rings is 12. The van der Waals surface area contributed by atoms with E-state index >= 15 is 0 Å². The molecule has 0 heteroatoms. The molecule has 0 atom stereocenters. The highest BCUT2D eigenvalue weighted by Crippen LogP contribution is 2.55. The summed E-state index contributed by atoms with van der Waals surface area (Å²) < 4.78 is 0. The maximum atomic E-state index is 2.49. The molecule has 66 heavy (non-hydrogen) atoms. The van der Waals surface area contributed by atoms with E-state index in [0.29, 0.717) is 0 Å². The van der Waals surface area contributed by atoms with Crippen LogP contribution in [0.1, 0.15) is 49.9 Å². The summed E-state index contributed by atoms with van der Waals surface area (Å²) in [4.78, 5) is 0. The molecule has 0 N–H and O–H groups in total. The second-order valence-electron chi connectivity index (χ2n) is 20.0. The highest BCUT2D eigenvalue weighted by Gasteiger charge is 2.37. The fraction of sp³-hybridized carbons (Fsp3) is 0.0909. The highest BCUT2D eigenvalue weighted by atomic mass is 14.4. The number of hydrogen-bond donors (Lipinski definition) is 0. The minimum Gasteiger partial charge on any atom is -0.0622 e. The molecule has 14 rings (SSSR count). The zero-order chi connectivity index (χ0) is 44.1. The molecule has 12 aromatic carbocycles. The lowest BCUT2D eigenvalue weighted by Gasteiger charge is -2.23. The topological polar surface area (TPSA) is 0 Å². The average molecular weight is 839 g/mol. The Hall–Kier alpha value is -7.80. The largest absolute Gasteiger partial charge is 0.0622 e. The Kier molecular flexibility index (Phi) is 7.61. The van der Waals surface area contributed by atoms with Crippen LogP contribution in [0.5, 0.6) is 0 Å².